The number of aldehydes is 1. The number of unbranched alkanes of at least 4 members (excludes halogenated alkanes) is 1. The van der Waals surface area contributed by atoms with Crippen molar-refractivity contribution in [2.75, 3.05) is 0 Å². The lowest BCUT2D eigenvalue weighted by Gasteiger charge is -2.17. The number of benzene rings is 1. The van der Waals surface area contributed by atoms with Gasteiger partial charge in [0.1, 0.15) is 17.8 Å². The molecule has 0 spiro atoms. The average molecular weight is 202 g/mol. The zero-order chi connectivity index (χ0) is 10.5. The first-order chi connectivity index (χ1) is 7.40. The summed E-state index contributed by atoms with van der Waals surface area (Å²) in [7, 11) is 0. The van der Waals surface area contributed by atoms with Crippen molar-refractivity contribution >= 4 is 6.29 Å². The van der Waals surface area contributed by atoms with E-state index in [9.17, 15) is 4.79 Å². The number of ether oxygens (including phenoxy) is 1. The molecular weight excluding hydrogens is 188 g/mol. The van der Waals surface area contributed by atoms with Crippen molar-refractivity contribution < 1.29 is 9.53 Å². The predicted octanol–water partition coefficient (Wildman–Crippen LogP) is 2.87. The molecule has 15 heavy (non-hydrogen) atoms. The highest BCUT2D eigenvalue weighted by molar-refractivity contribution is 5.49. The van der Waals surface area contributed by atoms with E-state index in [2.05, 4.69) is 12.1 Å². The Labute approximate surface area is 89.6 Å². The predicted molar refractivity (Wildman–Crippen MR) is 58.8 cm³/mol. The molecule has 0 amide bonds. The molecule has 1 heterocycles. The molecule has 0 aromatic heterocycles. The van der Waals surface area contributed by atoms with Gasteiger partial charge in [-0.2, -0.15) is 0 Å². The highest BCUT2D eigenvalue weighted by atomic mass is 16.5. The average Bonchev–Trinajstić information content (AvgIpc) is 2.29. The van der Waals surface area contributed by atoms with Gasteiger partial charge in [0.25, 0.3) is 0 Å². The Morgan fingerprint density at radius 2 is 2.20 bits per heavy atom. The fraction of sp³-hybridized carbons (Fsp3) is 0.308. The minimum atomic E-state index is 0.613. The van der Waals surface area contributed by atoms with E-state index in [4.69, 9.17) is 4.74 Å². The topological polar surface area (TPSA) is 26.3 Å². The molecule has 0 atom stereocenters. The van der Waals surface area contributed by atoms with Crippen LogP contribution in [-0.2, 0) is 11.2 Å². The molecule has 0 aliphatic carbocycles. The Hall–Kier alpha value is -1.57. The van der Waals surface area contributed by atoms with Crippen LogP contribution in [0.25, 0.3) is 0 Å². The number of rotatable bonds is 4. The standard InChI is InChI=1S/C13H14O2/c14-10-4-3-6-12-9-8-11-5-1-2-7-13(11)15-12/h1-2,5,7,9-10H,3-4,6,8H2. The number of hydrogen-bond donors (Lipinski definition) is 0. The fourth-order valence-corrected chi connectivity index (χ4v) is 1.69. The Kier molecular flexibility index (Phi) is 3.18. The summed E-state index contributed by atoms with van der Waals surface area (Å²) in [5.74, 6) is 1.96. The van der Waals surface area contributed by atoms with Crippen LogP contribution in [0.15, 0.2) is 36.1 Å². The molecule has 1 aliphatic rings. The van der Waals surface area contributed by atoms with Gasteiger partial charge in [0.15, 0.2) is 0 Å². The maximum absolute atomic E-state index is 10.2. The molecule has 0 saturated heterocycles. The number of carbonyl (C=O) groups excluding carboxylic acids is 1. The first-order valence-corrected chi connectivity index (χ1v) is 5.28. The molecule has 0 fully saturated rings. The summed E-state index contributed by atoms with van der Waals surface area (Å²) in [5.41, 5.74) is 1.23. The number of fused-ring (bicyclic) bond motifs is 1. The third-order valence-electron chi connectivity index (χ3n) is 2.51. The van der Waals surface area contributed by atoms with Crippen LogP contribution in [0.1, 0.15) is 24.8 Å². The lowest BCUT2D eigenvalue weighted by atomic mass is 10.1. The molecule has 1 aromatic carbocycles. The van der Waals surface area contributed by atoms with E-state index < -0.39 is 0 Å². The Morgan fingerprint density at radius 3 is 3.07 bits per heavy atom. The van der Waals surface area contributed by atoms with Gasteiger partial charge in [0.05, 0.1) is 0 Å². The van der Waals surface area contributed by atoms with Crippen molar-refractivity contribution in [2.45, 2.75) is 25.7 Å². The summed E-state index contributed by atoms with van der Waals surface area (Å²) >= 11 is 0. The second-order valence-electron chi connectivity index (χ2n) is 3.64. The van der Waals surface area contributed by atoms with Gasteiger partial charge in [-0.15, -0.1) is 0 Å². The Morgan fingerprint density at radius 1 is 1.33 bits per heavy atom. The third-order valence-corrected chi connectivity index (χ3v) is 2.51. The maximum Gasteiger partial charge on any atom is 0.130 e. The number of allylic oxidation sites excluding steroid dienone is 2. The van der Waals surface area contributed by atoms with Crippen molar-refractivity contribution in [3.8, 4) is 5.75 Å². The number of hydrogen-bond acceptors (Lipinski definition) is 2. The van der Waals surface area contributed by atoms with Crippen LogP contribution in [0.2, 0.25) is 0 Å². The Bertz CT molecular complexity index is 380. The number of carbonyl (C=O) groups is 1. The third kappa shape index (κ3) is 2.46. The van der Waals surface area contributed by atoms with Crippen LogP contribution in [0.5, 0.6) is 5.75 Å². The van der Waals surface area contributed by atoms with Gasteiger partial charge >= 0.3 is 0 Å². The van der Waals surface area contributed by atoms with Crippen molar-refractivity contribution in [1.29, 1.82) is 0 Å². The smallest absolute Gasteiger partial charge is 0.130 e. The molecule has 0 N–H and O–H groups in total. The van der Waals surface area contributed by atoms with Crippen LogP contribution in [-0.4, -0.2) is 6.29 Å². The molecule has 2 nitrogen and oxygen atoms in total. The van der Waals surface area contributed by atoms with Gasteiger partial charge in [-0.1, -0.05) is 18.2 Å². The highest BCUT2D eigenvalue weighted by Crippen LogP contribution is 2.27. The fourth-order valence-electron chi connectivity index (χ4n) is 1.69. The van der Waals surface area contributed by atoms with E-state index in [1.807, 2.05) is 18.2 Å². The maximum atomic E-state index is 10.2. The first-order valence-electron chi connectivity index (χ1n) is 5.28. The zero-order valence-electron chi connectivity index (χ0n) is 8.61. The van der Waals surface area contributed by atoms with Crippen molar-refractivity contribution in [3.05, 3.63) is 41.7 Å². The summed E-state index contributed by atoms with van der Waals surface area (Å²) in [6.45, 7) is 0. The van der Waals surface area contributed by atoms with Crippen LogP contribution >= 0.6 is 0 Å². The van der Waals surface area contributed by atoms with Crippen LogP contribution < -0.4 is 4.74 Å². The lowest BCUT2D eigenvalue weighted by Crippen LogP contribution is -2.04. The molecule has 0 saturated carbocycles. The van der Waals surface area contributed by atoms with Gasteiger partial charge in [-0.05, 0) is 30.5 Å². The van der Waals surface area contributed by atoms with E-state index in [0.29, 0.717) is 6.42 Å². The summed E-state index contributed by atoms with van der Waals surface area (Å²) in [4.78, 5) is 10.2. The minimum absolute atomic E-state index is 0.613. The van der Waals surface area contributed by atoms with Crippen molar-refractivity contribution in [1.82, 2.24) is 0 Å². The Balaban J connectivity index is 1.97. The first kappa shape index (κ1) is 9.97. The van der Waals surface area contributed by atoms with Crippen LogP contribution in [0.3, 0.4) is 0 Å². The SMILES string of the molecule is O=CCCCC1=CCc2ccccc2O1. The zero-order valence-corrected chi connectivity index (χ0v) is 8.61. The summed E-state index contributed by atoms with van der Waals surface area (Å²) in [5, 5.41) is 0. The summed E-state index contributed by atoms with van der Waals surface area (Å²) in [6, 6.07) is 8.07. The van der Waals surface area contributed by atoms with Crippen molar-refractivity contribution in [3.63, 3.8) is 0 Å². The normalized spacial score (nSPS) is 13.7. The van der Waals surface area contributed by atoms with Gasteiger partial charge < -0.3 is 9.53 Å². The summed E-state index contributed by atoms with van der Waals surface area (Å²) in [6.07, 6.45) is 6.34. The number of para-hydroxylation sites is 1. The molecule has 1 aromatic rings. The molecule has 1 aliphatic heterocycles. The molecule has 2 rings (SSSR count). The van der Waals surface area contributed by atoms with Gasteiger partial charge in [-0.25, -0.2) is 0 Å². The van der Waals surface area contributed by atoms with Crippen molar-refractivity contribution in [2.24, 2.45) is 0 Å². The molecule has 78 valence electrons. The monoisotopic (exact) mass is 202 g/mol. The molecule has 0 radical (unpaired) electrons. The van der Waals surface area contributed by atoms with E-state index in [-0.39, 0.29) is 0 Å². The molecule has 0 bridgehead atoms. The van der Waals surface area contributed by atoms with E-state index in [0.717, 1.165) is 37.1 Å². The largest absolute Gasteiger partial charge is 0.462 e. The minimum Gasteiger partial charge on any atom is -0.462 e. The van der Waals surface area contributed by atoms with Gasteiger partial charge in [-0.3, -0.25) is 0 Å². The molecule has 0 unspecified atom stereocenters. The molecule has 2 heteroatoms. The van der Waals surface area contributed by atoms with E-state index >= 15 is 0 Å². The lowest BCUT2D eigenvalue weighted by molar-refractivity contribution is -0.107. The van der Waals surface area contributed by atoms with Gasteiger partial charge in [0, 0.05) is 12.8 Å². The van der Waals surface area contributed by atoms with E-state index in [1.165, 1.54) is 5.56 Å². The quantitative estimate of drug-likeness (QED) is 0.554. The van der Waals surface area contributed by atoms with E-state index in [1.54, 1.807) is 0 Å². The highest BCUT2D eigenvalue weighted by Gasteiger charge is 2.10. The second-order valence-corrected chi connectivity index (χ2v) is 3.64. The van der Waals surface area contributed by atoms with Gasteiger partial charge in [0.2, 0.25) is 0 Å². The second kappa shape index (κ2) is 4.78. The van der Waals surface area contributed by atoms with Crippen LogP contribution in [0, 0.1) is 0 Å². The summed E-state index contributed by atoms with van der Waals surface area (Å²) < 4.78 is 5.72. The molecular formula is C13H14O2. The van der Waals surface area contributed by atoms with Crippen LogP contribution in [0.4, 0.5) is 0 Å².